The molecule has 0 aliphatic heterocycles. The van der Waals surface area contributed by atoms with Crippen molar-refractivity contribution in [1.29, 1.82) is 0 Å². The van der Waals surface area contributed by atoms with E-state index in [1.165, 1.54) is 0 Å². The number of ether oxygens (including phenoxy) is 1. The number of carbonyl (C=O) groups excluding carboxylic acids is 1. The van der Waals surface area contributed by atoms with E-state index in [4.69, 9.17) is 5.11 Å². The third-order valence-electron chi connectivity index (χ3n) is 2.63. The lowest BCUT2D eigenvalue weighted by atomic mass is 9.80. The first kappa shape index (κ1) is 10.0. The van der Waals surface area contributed by atoms with Crippen molar-refractivity contribution in [2.24, 2.45) is 11.8 Å². The molecule has 4 nitrogen and oxygen atoms in total. The summed E-state index contributed by atoms with van der Waals surface area (Å²) in [4.78, 5) is 20.8. The van der Waals surface area contributed by atoms with Crippen LogP contribution in [0.15, 0.2) is 0 Å². The summed E-state index contributed by atoms with van der Waals surface area (Å²) in [5.41, 5.74) is 0. The molecule has 3 atom stereocenters. The maximum Gasteiger partial charge on any atom is 0.506 e. The topological polar surface area (TPSA) is 63.6 Å². The molecule has 0 aromatic carbocycles. The van der Waals surface area contributed by atoms with Crippen LogP contribution in [-0.2, 0) is 9.53 Å². The van der Waals surface area contributed by atoms with Crippen molar-refractivity contribution in [2.45, 2.75) is 32.3 Å². The first-order valence-electron chi connectivity index (χ1n) is 4.48. The quantitative estimate of drug-likeness (QED) is 0.526. The van der Waals surface area contributed by atoms with Crippen LogP contribution in [0, 0.1) is 11.8 Å². The fraction of sp³-hybridized carbons (Fsp3) is 0.778. The van der Waals surface area contributed by atoms with E-state index in [9.17, 15) is 9.59 Å². The van der Waals surface area contributed by atoms with Gasteiger partial charge in [0, 0.05) is 5.92 Å². The van der Waals surface area contributed by atoms with Gasteiger partial charge in [-0.1, -0.05) is 6.92 Å². The number of rotatable bonds is 2. The van der Waals surface area contributed by atoms with Crippen LogP contribution >= 0.6 is 0 Å². The van der Waals surface area contributed by atoms with Crippen molar-refractivity contribution in [3.05, 3.63) is 0 Å². The highest BCUT2D eigenvalue weighted by Crippen LogP contribution is 2.30. The summed E-state index contributed by atoms with van der Waals surface area (Å²) in [5.74, 6) is 0.309. The van der Waals surface area contributed by atoms with Gasteiger partial charge in [-0.05, 0) is 25.2 Å². The van der Waals surface area contributed by atoms with Gasteiger partial charge in [0.15, 0.2) is 0 Å². The van der Waals surface area contributed by atoms with Gasteiger partial charge in [0.25, 0.3) is 0 Å². The number of carboxylic acid groups (broad SMARTS) is 1. The van der Waals surface area contributed by atoms with Gasteiger partial charge in [0.2, 0.25) is 0 Å². The van der Waals surface area contributed by atoms with Gasteiger partial charge in [-0.25, -0.2) is 4.79 Å². The maximum atomic E-state index is 10.5. The highest BCUT2D eigenvalue weighted by Gasteiger charge is 2.29. The molecule has 1 aliphatic rings. The summed E-state index contributed by atoms with van der Waals surface area (Å²) < 4.78 is 4.66. The first-order chi connectivity index (χ1) is 6.13. The Hall–Kier alpha value is -1.06. The average Bonchev–Trinajstić information content (AvgIpc) is 2.03. The largest absolute Gasteiger partial charge is 0.506 e. The van der Waals surface area contributed by atoms with Crippen LogP contribution in [-0.4, -0.2) is 23.7 Å². The molecule has 13 heavy (non-hydrogen) atoms. The molecule has 0 aromatic heterocycles. The predicted octanol–water partition coefficient (Wildman–Crippen LogP) is 1.68. The second kappa shape index (κ2) is 4.25. The molecule has 74 valence electrons. The Morgan fingerprint density at radius 1 is 1.54 bits per heavy atom. The molecule has 0 bridgehead atoms. The average molecular weight is 186 g/mol. The minimum Gasteiger partial charge on any atom is -0.450 e. The maximum absolute atomic E-state index is 10.5. The fourth-order valence-corrected chi connectivity index (χ4v) is 1.82. The molecule has 3 unspecified atom stereocenters. The zero-order valence-electron chi connectivity index (χ0n) is 7.60. The molecule has 1 rings (SSSR count). The van der Waals surface area contributed by atoms with Gasteiger partial charge in [-0.3, -0.25) is 0 Å². The Kier molecular flexibility index (Phi) is 3.28. The van der Waals surface area contributed by atoms with Crippen molar-refractivity contribution in [2.75, 3.05) is 0 Å². The molecule has 1 N–H and O–H groups in total. The van der Waals surface area contributed by atoms with Crippen molar-refractivity contribution >= 4 is 12.4 Å². The number of aldehydes is 1. The molecular formula is C9H14O4. The summed E-state index contributed by atoms with van der Waals surface area (Å²) >= 11 is 0. The van der Waals surface area contributed by atoms with E-state index < -0.39 is 6.16 Å². The lowest BCUT2D eigenvalue weighted by Crippen LogP contribution is -2.30. The Morgan fingerprint density at radius 2 is 2.23 bits per heavy atom. The molecule has 0 amide bonds. The smallest absolute Gasteiger partial charge is 0.450 e. The lowest BCUT2D eigenvalue weighted by molar-refractivity contribution is -0.114. The normalized spacial score (nSPS) is 33.8. The molecule has 4 heteroatoms. The number of carbonyl (C=O) groups is 2. The zero-order chi connectivity index (χ0) is 9.84. The van der Waals surface area contributed by atoms with Gasteiger partial charge in [0.05, 0.1) is 0 Å². The Morgan fingerprint density at radius 3 is 2.69 bits per heavy atom. The minimum absolute atomic E-state index is 0.0774. The van der Waals surface area contributed by atoms with Gasteiger partial charge in [-0.15, -0.1) is 0 Å². The number of hydrogen-bond acceptors (Lipinski definition) is 3. The highest BCUT2D eigenvalue weighted by atomic mass is 16.7. The van der Waals surface area contributed by atoms with Crippen molar-refractivity contribution in [3.63, 3.8) is 0 Å². The Bertz CT molecular complexity index is 202. The molecular weight excluding hydrogens is 172 g/mol. The van der Waals surface area contributed by atoms with Crippen LogP contribution in [0.5, 0.6) is 0 Å². The summed E-state index contributed by atoms with van der Waals surface area (Å²) in [7, 11) is 0. The standard InChI is InChI=1S/C9H14O4/c1-6-4-8(13-9(11)12)3-2-7(6)5-10/h5-8H,2-4H2,1H3,(H,11,12). The molecule has 0 heterocycles. The van der Waals surface area contributed by atoms with E-state index in [-0.39, 0.29) is 17.9 Å². The third kappa shape index (κ3) is 2.72. The summed E-state index contributed by atoms with van der Waals surface area (Å²) in [6, 6.07) is 0. The molecule has 1 saturated carbocycles. The van der Waals surface area contributed by atoms with E-state index >= 15 is 0 Å². The zero-order valence-corrected chi connectivity index (χ0v) is 7.60. The number of hydrogen-bond donors (Lipinski definition) is 1. The molecule has 1 aliphatic carbocycles. The lowest BCUT2D eigenvalue weighted by Gasteiger charge is -2.29. The fourth-order valence-electron chi connectivity index (χ4n) is 1.82. The summed E-state index contributed by atoms with van der Waals surface area (Å²) in [5, 5.41) is 8.38. The van der Waals surface area contributed by atoms with Gasteiger partial charge in [0.1, 0.15) is 12.4 Å². The first-order valence-corrected chi connectivity index (χ1v) is 4.48. The van der Waals surface area contributed by atoms with E-state index in [2.05, 4.69) is 4.74 Å². The summed E-state index contributed by atoms with van der Waals surface area (Å²) in [6.45, 7) is 1.95. The van der Waals surface area contributed by atoms with Crippen molar-refractivity contribution in [1.82, 2.24) is 0 Å². The Labute approximate surface area is 76.9 Å². The second-order valence-electron chi connectivity index (χ2n) is 3.60. The predicted molar refractivity (Wildman–Crippen MR) is 45.5 cm³/mol. The van der Waals surface area contributed by atoms with Gasteiger partial charge >= 0.3 is 6.16 Å². The molecule has 0 saturated heterocycles. The van der Waals surface area contributed by atoms with Crippen LogP contribution in [0.3, 0.4) is 0 Å². The highest BCUT2D eigenvalue weighted by molar-refractivity contribution is 5.57. The van der Waals surface area contributed by atoms with Crippen molar-refractivity contribution < 1.29 is 19.4 Å². The minimum atomic E-state index is -1.22. The van der Waals surface area contributed by atoms with E-state index in [0.717, 1.165) is 12.7 Å². The van der Waals surface area contributed by atoms with Gasteiger partial charge in [-0.2, -0.15) is 0 Å². The monoisotopic (exact) mass is 186 g/mol. The van der Waals surface area contributed by atoms with E-state index in [1.54, 1.807) is 0 Å². The molecule has 0 radical (unpaired) electrons. The second-order valence-corrected chi connectivity index (χ2v) is 3.60. The van der Waals surface area contributed by atoms with Crippen LogP contribution < -0.4 is 0 Å². The van der Waals surface area contributed by atoms with E-state index in [1.807, 2.05) is 6.92 Å². The SMILES string of the molecule is CC1CC(OC(=O)O)CCC1C=O. The van der Waals surface area contributed by atoms with Crippen LogP contribution in [0.2, 0.25) is 0 Å². The molecule has 0 aromatic rings. The molecule has 1 fully saturated rings. The van der Waals surface area contributed by atoms with Gasteiger partial charge < -0.3 is 14.6 Å². The van der Waals surface area contributed by atoms with E-state index in [0.29, 0.717) is 12.8 Å². The van der Waals surface area contributed by atoms with Crippen molar-refractivity contribution in [3.8, 4) is 0 Å². The third-order valence-corrected chi connectivity index (χ3v) is 2.63. The molecule has 0 spiro atoms. The summed E-state index contributed by atoms with van der Waals surface area (Å²) in [6.07, 6.45) is 1.59. The van der Waals surface area contributed by atoms with Crippen LogP contribution in [0.1, 0.15) is 26.2 Å². The van der Waals surface area contributed by atoms with Crippen LogP contribution in [0.25, 0.3) is 0 Å². The Balaban J connectivity index is 2.40. The van der Waals surface area contributed by atoms with Crippen LogP contribution in [0.4, 0.5) is 4.79 Å².